The Morgan fingerprint density at radius 2 is 1.93 bits per heavy atom. The van der Waals surface area contributed by atoms with Gasteiger partial charge in [-0.3, -0.25) is 9.59 Å². The quantitative estimate of drug-likeness (QED) is 0.549. The van der Waals surface area contributed by atoms with Crippen LogP contribution in [0.5, 0.6) is 5.75 Å². The Balaban J connectivity index is 1.93. The number of amides is 2. The molecule has 0 spiro atoms. The highest BCUT2D eigenvalue weighted by atomic mass is 35.5. The van der Waals surface area contributed by atoms with E-state index in [1.54, 1.807) is 48.5 Å². The number of ether oxygens (including phenoxy) is 1. The van der Waals surface area contributed by atoms with Crippen LogP contribution >= 0.6 is 11.6 Å². The molecule has 0 bridgehead atoms. The van der Waals surface area contributed by atoms with Gasteiger partial charge in [-0.25, -0.2) is 0 Å². The van der Waals surface area contributed by atoms with E-state index < -0.39 is 5.91 Å². The number of nitrogens with one attached hydrogen (secondary N) is 2. The van der Waals surface area contributed by atoms with Crippen molar-refractivity contribution >= 4 is 35.2 Å². The molecule has 0 saturated heterocycles. The van der Waals surface area contributed by atoms with E-state index in [1.807, 2.05) is 19.9 Å². The third-order valence-electron chi connectivity index (χ3n) is 3.45. The van der Waals surface area contributed by atoms with Gasteiger partial charge in [0.15, 0.2) is 6.61 Å². The summed E-state index contributed by atoms with van der Waals surface area (Å²) in [4.78, 5) is 23.9. The molecule has 2 rings (SSSR count). The minimum Gasteiger partial charge on any atom is -0.484 e. The second kappa shape index (κ2) is 10.1. The van der Waals surface area contributed by atoms with Gasteiger partial charge in [0.05, 0.1) is 0 Å². The van der Waals surface area contributed by atoms with E-state index in [0.717, 1.165) is 0 Å². The fourth-order valence-electron chi connectivity index (χ4n) is 2.23. The van der Waals surface area contributed by atoms with Gasteiger partial charge in [0.25, 0.3) is 11.8 Å². The SMILES string of the molecule is CC(C)NC(=O)/C(C#N)=C/c1ccc(OCC(=O)Nc2cccc(Cl)c2)cc1. The van der Waals surface area contributed by atoms with Crippen molar-refractivity contribution < 1.29 is 14.3 Å². The lowest BCUT2D eigenvalue weighted by Crippen LogP contribution is -2.30. The van der Waals surface area contributed by atoms with Crippen LogP contribution in [0.3, 0.4) is 0 Å². The summed E-state index contributed by atoms with van der Waals surface area (Å²) in [7, 11) is 0. The first-order chi connectivity index (χ1) is 13.4. The van der Waals surface area contributed by atoms with E-state index in [0.29, 0.717) is 22.0 Å². The van der Waals surface area contributed by atoms with Crippen LogP contribution in [0.25, 0.3) is 6.08 Å². The normalized spacial score (nSPS) is 10.9. The Kier molecular flexibility index (Phi) is 7.61. The second-order valence-corrected chi connectivity index (χ2v) is 6.65. The first kappa shape index (κ1) is 21.0. The number of anilines is 1. The van der Waals surface area contributed by atoms with E-state index >= 15 is 0 Å². The smallest absolute Gasteiger partial charge is 0.262 e. The molecule has 0 aliphatic rings. The minimum atomic E-state index is -0.421. The van der Waals surface area contributed by atoms with Crippen molar-refractivity contribution in [3.8, 4) is 11.8 Å². The van der Waals surface area contributed by atoms with Gasteiger partial charge in [-0.15, -0.1) is 0 Å². The van der Waals surface area contributed by atoms with Crippen LogP contribution in [-0.4, -0.2) is 24.5 Å². The van der Waals surface area contributed by atoms with Crippen molar-refractivity contribution in [3.05, 3.63) is 64.7 Å². The van der Waals surface area contributed by atoms with E-state index in [2.05, 4.69) is 10.6 Å². The maximum atomic E-state index is 11.9. The van der Waals surface area contributed by atoms with Crippen molar-refractivity contribution in [1.29, 1.82) is 5.26 Å². The molecule has 28 heavy (non-hydrogen) atoms. The molecule has 0 heterocycles. The third kappa shape index (κ3) is 6.78. The number of nitrogens with zero attached hydrogens (tertiary/aromatic N) is 1. The topological polar surface area (TPSA) is 91.2 Å². The van der Waals surface area contributed by atoms with E-state index in [4.69, 9.17) is 21.6 Å². The number of nitriles is 1. The summed E-state index contributed by atoms with van der Waals surface area (Å²) >= 11 is 5.87. The second-order valence-electron chi connectivity index (χ2n) is 6.21. The van der Waals surface area contributed by atoms with Crippen LogP contribution in [0.2, 0.25) is 5.02 Å². The fraction of sp³-hybridized carbons (Fsp3) is 0.190. The first-order valence-corrected chi connectivity index (χ1v) is 8.96. The molecule has 2 aromatic carbocycles. The molecule has 7 heteroatoms. The lowest BCUT2D eigenvalue weighted by Gasteiger charge is -2.08. The van der Waals surface area contributed by atoms with E-state index in [-0.39, 0.29) is 24.1 Å². The molecule has 0 unspecified atom stereocenters. The molecule has 0 aromatic heterocycles. The Morgan fingerprint density at radius 3 is 2.54 bits per heavy atom. The van der Waals surface area contributed by atoms with Gasteiger partial charge in [0, 0.05) is 16.8 Å². The largest absolute Gasteiger partial charge is 0.484 e. The van der Waals surface area contributed by atoms with Gasteiger partial charge in [0.1, 0.15) is 17.4 Å². The zero-order valence-electron chi connectivity index (χ0n) is 15.5. The van der Waals surface area contributed by atoms with Gasteiger partial charge in [-0.05, 0) is 55.8 Å². The molecule has 0 aliphatic heterocycles. The number of hydrogen-bond acceptors (Lipinski definition) is 4. The number of rotatable bonds is 7. The predicted octanol–water partition coefficient (Wildman–Crippen LogP) is 3.79. The van der Waals surface area contributed by atoms with Gasteiger partial charge >= 0.3 is 0 Å². The monoisotopic (exact) mass is 397 g/mol. The molecule has 6 nitrogen and oxygen atoms in total. The van der Waals surface area contributed by atoms with Crippen molar-refractivity contribution in [2.24, 2.45) is 0 Å². The highest BCUT2D eigenvalue weighted by molar-refractivity contribution is 6.30. The Morgan fingerprint density at radius 1 is 1.21 bits per heavy atom. The van der Waals surface area contributed by atoms with Crippen LogP contribution in [0, 0.1) is 11.3 Å². The van der Waals surface area contributed by atoms with Crippen molar-refractivity contribution in [2.45, 2.75) is 19.9 Å². The van der Waals surface area contributed by atoms with Crippen LogP contribution < -0.4 is 15.4 Å². The summed E-state index contributed by atoms with van der Waals surface area (Å²) in [6.07, 6.45) is 1.49. The number of benzene rings is 2. The Bertz CT molecular complexity index is 915. The van der Waals surface area contributed by atoms with Gasteiger partial charge in [0.2, 0.25) is 0 Å². The fourth-order valence-corrected chi connectivity index (χ4v) is 2.42. The molecule has 0 fully saturated rings. The summed E-state index contributed by atoms with van der Waals surface area (Å²) in [5.41, 5.74) is 1.28. The summed E-state index contributed by atoms with van der Waals surface area (Å²) in [6.45, 7) is 3.48. The summed E-state index contributed by atoms with van der Waals surface area (Å²) in [5, 5.41) is 15.0. The highest BCUT2D eigenvalue weighted by Gasteiger charge is 2.10. The predicted molar refractivity (Wildman–Crippen MR) is 109 cm³/mol. The van der Waals surface area contributed by atoms with Gasteiger partial charge in [-0.2, -0.15) is 5.26 Å². The highest BCUT2D eigenvalue weighted by Crippen LogP contribution is 2.16. The van der Waals surface area contributed by atoms with Crippen LogP contribution in [0.15, 0.2) is 54.1 Å². The number of carbonyl (C=O) groups is 2. The molecule has 0 aliphatic carbocycles. The molecular formula is C21H20ClN3O3. The molecular weight excluding hydrogens is 378 g/mol. The van der Waals surface area contributed by atoms with Gasteiger partial charge < -0.3 is 15.4 Å². The Labute approximate surface area is 168 Å². The van der Waals surface area contributed by atoms with Gasteiger partial charge in [-0.1, -0.05) is 29.8 Å². The summed E-state index contributed by atoms with van der Waals surface area (Å²) < 4.78 is 5.45. The van der Waals surface area contributed by atoms with E-state index in [1.165, 1.54) is 6.08 Å². The number of halogens is 1. The summed E-state index contributed by atoms with van der Waals surface area (Å²) in [6, 6.07) is 15.4. The maximum Gasteiger partial charge on any atom is 0.262 e. The first-order valence-electron chi connectivity index (χ1n) is 8.58. The lowest BCUT2D eigenvalue weighted by molar-refractivity contribution is -0.118. The van der Waals surface area contributed by atoms with Crippen LogP contribution in [0.1, 0.15) is 19.4 Å². The average Bonchev–Trinajstić information content (AvgIpc) is 2.64. The van der Waals surface area contributed by atoms with Crippen LogP contribution in [-0.2, 0) is 9.59 Å². The lowest BCUT2D eigenvalue weighted by atomic mass is 10.1. The molecule has 2 N–H and O–H groups in total. The molecule has 2 amide bonds. The van der Waals surface area contributed by atoms with Crippen molar-refractivity contribution in [2.75, 3.05) is 11.9 Å². The number of hydrogen-bond donors (Lipinski definition) is 2. The molecule has 0 radical (unpaired) electrons. The summed E-state index contributed by atoms with van der Waals surface area (Å²) in [5.74, 6) is -0.248. The zero-order valence-corrected chi connectivity index (χ0v) is 16.3. The Hall–Kier alpha value is -3.30. The van der Waals surface area contributed by atoms with Crippen molar-refractivity contribution in [3.63, 3.8) is 0 Å². The van der Waals surface area contributed by atoms with E-state index in [9.17, 15) is 9.59 Å². The maximum absolute atomic E-state index is 11.9. The van der Waals surface area contributed by atoms with Crippen LogP contribution in [0.4, 0.5) is 5.69 Å². The molecule has 0 atom stereocenters. The standard InChI is InChI=1S/C21H20ClN3O3/c1-14(2)24-21(27)16(12-23)10-15-6-8-19(9-7-15)28-13-20(26)25-18-5-3-4-17(22)11-18/h3-11,14H,13H2,1-2H3,(H,24,27)(H,25,26)/b16-10+. The molecule has 0 saturated carbocycles. The third-order valence-corrected chi connectivity index (χ3v) is 3.69. The zero-order chi connectivity index (χ0) is 20.5. The molecule has 144 valence electrons. The minimum absolute atomic E-state index is 0.0169. The van der Waals surface area contributed by atoms with Crippen molar-refractivity contribution in [1.82, 2.24) is 5.32 Å². The average molecular weight is 398 g/mol. The molecule has 2 aromatic rings. The number of carbonyl (C=O) groups excluding carboxylic acids is 2.